The lowest BCUT2D eigenvalue weighted by Crippen LogP contribution is -2.50. The van der Waals surface area contributed by atoms with E-state index in [2.05, 4.69) is 9.80 Å². The monoisotopic (exact) mass is 414 g/mol. The molecule has 28 heavy (non-hydrogen) atoms. The number of nitrogens with zero attached hydrogens (tertiary/aromatic N) is 2. The Balaban J connectivity index is 1.35. The summed E-state index contributed by atoms with van der Waals surface area (Å²) in [6.45, 7) is 6.04. The Kier molecular flexibility index (Phi) is 6.30. The summed E-state index contributed by atoms with van der Waals surface area (Å²) in [7, 11) is -2.84. The second-order valence-electron chi connectivity index (χ2n) is 8.98. The maximum atomic E-state index is 12.0. The van der Waals surface area contributed by atoms with Gasteiger partial charge in [0, 0.05) is 26.2 Å². The summed E-state index contributed by atoms with van der Waals surface area (Å²) < 4.78 is 35.6. The minimum atomic E-state index is -2.84. The third-order valence-corrected chi connectivity index (χ3v) is 8.79. The van der Waals surface area contributed by atoms with Crippen LogP contribution in [0.2, 0.25) is 0 Å². The van der Waals surface area contributed by atoms with E-state index in [0.29, 0.717) is 18.1 Å². The van der Waals surface area contributed by atoms with Crippen molar-refractivity contribution in [2.45, 2.75) is 57.9 Å². The standard InChI is InChI=1S/C20H34N2O5S/c1-2-26-19(23)15-5-7-18(8-6-15)27-20(21-9-3-4-10-21)22-11-16-13-28(24,25)14-17(16)12-22/h15-18,20H,2-14H2,1H3/t15?,16-,17+,18?,20?. The van der Waals surface area contributed by atoms with E-state index in [4.69, 9.17) is 9.47 Å². The van der Waals surface area contributed by atoms with Crippen LogP contribution in [0.15, 0.2) is 0 Å². The quantitative estimate of drug-likeness (QED) is 0.609. The van der Waals surface area contributed by atoms with Crippen molar-refractivity contribution in [3.63, 3.8) is 0 Å². The number of rotatable bonds is 6. The van der Waals surface area contributed by atoms with Gasteiger partial charge in [0.1, 0.15) is 0 Å². The van der Waals surface area contributed by atoms with E-state index in [1.54, 1.807) is 0 Å². The number of carbonyl (C=O) groups is 1. The number of sulfone groups is 1. The van der Waals surface area contributed by atoms with E-state index >= 15 is 0 Å². The highest BCUT2D eigenvalue weighted by Gasteiger charge is 2.47. The SMILES string of the molecule is CCOC(=O)C1CCC(OC(N2CCCC2)N2C[C@@H]3CS(=O)(=O)C[C@@H]3C2)CC1. The van der Waals surface area contributed by atoms with Crippen LogP contribution in [0.5, 0.6) is 0 Å². The first-order valence-electron chi connectivity index (χ1n) is 11.0. The highest BCUT2D eigenvalue weighted by molar-refractivity contribution is 7.91. The first-order valence-corrected chi connectivity index (χ1v) is 12.8. The topological polar surface area (TPSA) is 76.2 Å². The van der Waals surface area contributed by atoms with Crippen LogP contribution in [0.3, 0.4) is 0 Å². The van der Waals surface area contributed by atoms with Crippen LogP contribution in [0.25, 0.3) is 0 Å². The predicted molar refractivity (Wildman–Crippen MR) is 105 cm³/mol. The van der Waals surface area contributed by atoms with Crippen molar-refractivity contribution >= 4 is 15.8 Å². The lowest BCUT2D eigenvalue weighted by molar-refractivity contribution is -0.180. The molecule has 3 saturated heterocycles. The summed E-state index contributed by atoms with van der Waals surface area (Å²) in [4.78, 5) is 16.8. The van der Waals surface area contributed by atoms with Gasteiger partial charge < -0.3 is 9.47 Å². The zero-order chi connectivity index (χ0) is 19.7. The van der Waals surface area contributed by atoms with E-state index in [1.165, 1.54) is 12.8 Å². The summed E-state index contributed by atoms with van der Waals surface area (Å²) in [6.07, 6.45) is 5.97. The largest absolute Gasteiger partial charge is 0.466 e. The minimum absolute atomic E-state index is 0.0152. The van der Waals surface area contributed by atoms with Crippen LogP contribution >= 0.6 is 0 Å². The Bertz CT molecular complexity index is 636. The smallest absolute Gasteiger partial charge is 0.308 e. The third-order valence-electron chi connectivity index (χ3n) is 6.91. The molecule has 0 amide bonds. The molecule has 3 aliphatic heterocycles. The van der Waals surface area contributed by atoms with E-state index < -0.39 is 9.84 Å². The highest BCUT2D eigenvalue weighted by atomic mass is 32.2. The van der Waals surface area contributed by atoms with E-state index in [0.717, 1.165) is 51.9 Å². The molecule has 0 aromatic rings. The van der Waals surface area contributed by atoms with E-state index in [-0.39, 0.29) is 36.2 Å². The summed E-state index contributed by atoms with van der Waals surface area (Å²) in [6, 6.07) is 0. The Hall–Kier alpha value is -0.700. The fourth-order valence-electron chi connectivity index (χ4n) is 5.49. The van der Waals surface area contributed by atoms with Gasteiger partial charge in [0.05, 0.1) is 30.1 Å². The maximum absolute atomic E-state index is 12.0. The Morgan fingerprint density at radius 3 is 2.18 bits per heavy atom. The lowest BCUT2D eigenvalue weighted by atomic mass is 9.87. The second-order valence-corrected chi connectivity index (χ2v) is 11.1. The second kappa shape index (κ2) is 8.58. The number of hydrogen-bond donors (Lipinski definition) is 0. The molecule has 4 aliphatic rings. The van der Waals surface area contributed by atoms with Crippen molar-refractivity contribution in [3.8, 4) is 0 Å². The van der Waals surface area contributed by atoms with Gasteiger partial charge in [0.25, 0.3) is 0 Å². The molecule has 4 fully saturated rings. The molecule has 0 aromatic carbocycles. The molecule has 8 heteroatoms. The van der Waals surface area contributed by atoms with Crippen molar-refractivity contribution in [2.75, 3.05) is 44.3 Å². The fourth-order valence-corrected chi connectivity index (χ4v) is 7.68. The number of ether oxygens (including phenoxy) is 2. The van der Waals surface area contributed by atoms with Crippen molar-refractivity contribution in [1.29, 1.82) is 0 Å². The van der Waals surface area contributed by atoms with Gasteiger partial charge in [-0.1, -0.05) is 0 Å². The van der Waals surface area contributed by atoms with Crippen LogP contribution in [-0.4, -0.2) is 80.9 Å². The average Bonchev–Trinajstić information content (AvgIpc) is 3.35. The molecule has 160 valence electrons. The summed E-state index contributed by atoms with van der Waals surface area (Å²) in [5.74, 6) is 1.15. The Morgan fingerprint density at radius 1 is 1.00 bits per heavy atom. The first-order chi connectivity index (χ1) is 13.4. The van der Waals surface area contributed by atoms with E-state index in [1.807, 2.05) is 6.92 Å². The highest BCUT2D eigenvalue weighted by Crippen LogP contribution is 2.36. The van der Waals surface area contributed by atoms with Gasteiger partial charge in [-0.3, -0.25) is 14.6 Å². The van der Waals surface area contributed by atoms with Gasteiger partial charge in [-0.15, -0.1) is 0 Å². The molecule has 3 heterocycles. The number of likely N-dealkylation sites (tertiary alicyclic amines) is 2. The molecule has 7 nitrogen and oxygen atoms in total. The third kappa shape index (κ3) is 4.55. The van der Waals surface area contributed by atoms with Crippen LogP contribution in [0.1, 0.15) is 45.4 Å². The molecule has 3 atom stereocenters. The molecule has 0 spiro atoms. The Morgan fingerprint density at radius 2 is 1.61 bits per heavy atom. The molecule has 1 saturated carbocycles. The van der Waals surface area contributed by atoms with Crippen molar-refractivity contribution in [1.82, 2.24) is 9.80 Å². The van der Waals surface area contributed by atoms with Crippen molar-refractivity contribution < 1.29 is 22.7 Å². The van der Waals surface area contributed by atoms with Gasteiger partial charge in [0.2, 0.25) is 0 Å². The number of carbonyl (C=O) groups excluding carboxylic acids is 1. The van der Waals surface area contributed by atoms with Gasteiger partial charge in [0.15, 0.2) is 16.2 Å². The zero-order valence-electron chi connectivity index (χ0n) is 16.9. The average molecular weight is 415 g/mol. The molecule has 0 radical (unpaired) electrons. The molecule has 0 N–H and O–H groups in total. The van der Waals surface area contributed by atoms with Crippen LogP contribution < -0.4 is 0 Å². The van der Waals surface area contributed by atoms with Crippen LogP contribution in [0, 0.1) is 17.8 Å². The summed E-state index contributed by atoms with van der Waals surface area (Å²) in [5, 5.41) is 0. The molecular formula is C20H34N2O5S. The molecule has 1 aliphatic carbocycles. The normalized spacial score (nSPS) is 37.0. The molecule has 0 aromatic heterocycles. The number of fused-ring (bicyclic) bond motifs is 1. The van der Waals surface area contributed by atoms with Gasteiger partial charge >= 0.3 is 5.97 Å². The van der Waals surface area contributed by atoms with Crippen LogP contribution in [-0.2, 0) is 24.1 Å². The zero-order valence-corrected chi connectivity index (χ0v) is 17.7. The number of hydrogen-bond acceptors (Lipinski definition) is 7. The first kappa shape index (κ1) is 20.6. The van der Waals surface area contributed by atoms with Gasteiger partial charge in [-0.25, -0.2) is 8.42 Å². The maximum Gasteiger partial charge on any atom is 0.308 e. The van der Waals surface area contributed by atoms with Gasteiger partial charge in [-0.05, 0) is 57.3 Å². The minimum Gasteiger partial charge on any atom is -0.466 e. The molecular weight excluding hydrogens is 380 g/mol. The van der Waals surface area contributed by atoms with Crippen molar-refractivity contribution in [2.24, 2.45) is 17.8 Å². The Labute approximate surface area is 168 Å². The van der Waals surface area contributed by atoms with Crippen LogP contribution in [0.4, 0.5) is 0 Å². The molecule has 4 rings (SSSR count). The number of esters is 1. The van der Waals surface area contributed by atoms with Gasteiger partial charge in [-0.2, -0.15) is 0 Å². The predicted octanol–water partition coefficient (Wildman–Crippen LogP) is 1.48. The molecule has 1 unspecified atom stereocenters. The fraction of sp³-hybridized carbons (Fsp3) is 0.950. The molecule has 0 bridgehead atoms. The summed E-state index contributed by atoms with van der Waals surface area (Å²) in [5.41, 5.74) is 0. The lowest BCUT2D eigenvalue weighted by Gasteiger charge is -2.39. The van der Waals surface area contributed by atoms with E-state index in [9.17, 15) is 13.2 Å². The summed E-state index contributed by atoms with van der Waals surface area (Å²) >= 11 is 0. The van der Waals surface area contributed by atoms with Crippen molar-refractivity contribution in [3.05, 3.63) is 0 Å².